The zero-order valence-electron chi connectivity index (χ0n) is 10.1. The fourth-order valence-electron chi connectivity index (χ4n) is 2.07. The molecule has 0 atom stereocenters. The molecule has 1 aliphatic carbocycles. The number of anilines is 2. The summed E-state index contributed by atoms with van der Waals surface area (Å²) in [5, 5.41) is 15.7. The summed E-state index contributed by atoms with van der Waals surface area (Å²) in [4.78, 5) is 15.9. The summed E-state index contributed by atoms with van der Waals surface area (Å²) in [5.41, 5.74) is 1.45. The van der Waals surface area contributed by atoms with E-state index < -0.39 is 0 Å². The lowest BCUT2D eigenvalue weighted by Crippen LogP contribution is -2.39. The Morgan fingerprint density at radius 1 is 1.44 bits per heavy atom. The third-order valence-corrected chi connectivity index (χ3v) is 3.07. The van der Waals surface area contributed by atoms with Gasteiger partial charge in [-0.25, -0.2) is 4.98 Å². The molecule has 2 aromatic heterocycles. The average Bonchev–Trinajstić information content (AvgIpc) is 2.75. The maximum absolute atomic E-state index is 9.30. The van der Waals surface area contributed by atoms with Gasteiger partial charge in [-0.3, -0.25) is 0 Å². The van der Waals surface area contributed by atoms with E-state index in [-0.39, 0.29) is 12.1 Å². The maximum Gasteiger partial charge on any atom is 0.226 e. The molecule has 0 saturated heterocycles. The maximum atomic E-state index is 9.30. The van der Waals surface area contributed by atoms with Crippen LogP contribution in [-0.2, 0) is 0 Å². The van der Waals surface area contributed by atoms with E-state index in [4.69, 9.17) is 0 Å². The SMILES string of the molecule is CCNc1nc(NC2CC(O)C2)c2[nH]cnc2n1. The second-order valence-electron chi connectivity index (χ2n) is 4.49. The van der Waals surface area contributed by atoms with Crippen LogP contribution in [0.1, 0.15) is 19.8 Å². The summed E-state index contributed by atoms with van der Waals surface area (Å²) in [6.07, 6.45) is 2.94. The van der Waals surface area contributed by atoms with Crippen molar-refractivity contribution in [3.8, 4) is 0 Å². The fourth-order valence-corrected chi connectivity index (χ4v) is 2.07. The number of aromatic nitrogens is 4. The molecule has 0 unspecified atom stereocenters. The summed E-state index contributed by atoms with van der Waals surface area (Å²) >= 11 is 0. The molecule has 1 saturated carbocycles. The first-order chi connectivity index (χ1) is 8.76. The third-order valence-electron chi connectivity index (χ3n) is 3.07. The minimum absolute atomic E-state index is 0.185. The van der Waals surface area contributed by atoms with E-state index in [0.717, 1.165) is 30.7 Å². The zero-order valence-corrected chi connectivity index (χ0v) is 10.1. The number of imidazole rings is 1. The van der Waals surface area contributed by atoms with Gasteiger partial charge in [0.2, 0.25) is 5.95 Å². The highest BCUT2D eigenvalue weighted by Gasteiger charge is 2.28. The van der Waals surface area contributed by atoms with Gasteiger partial charge in [-0.15, -0.1) is 0 Å². The Labute approximate surface area is 104 Å². The van der Waals surface area contributed by atoms with Crippen molar-refractivity contribution < 1.29 is 5.11 Å². The number of hydrogen-bond donors (Lipinski definition) is 4. The molecule has 3 rings (SSSR count). The molecular weight excluding hydrogens is 232 g/mol. The van der Waals surface area contributed by atoms with Crippen molar-refractivity contribution in [3.63, 3.8) is 0 Å². The standard InChI is InChI=1S/C11H16N6O/c1-2-12-11-16-9-8(13-5-14-9)10(17-11)15-6-3-7(18)4-6/h5-7,18H,2-4H2,1H3,(H3,12,13,14,15,16,17). The molecule has 96 valence electrons. The Kier molecular flexibility index (Phi) is 2.75. The summed E-state index contributed by atoms with van der Waals surface area (Å²) < 4.78 is 0. The molecule has 4 N–H and O–H groups in total. The molecule has 1 aliphatic rings. The van der Waals surface area contributed by atoms with Crippen molar-refractivity contribution in [1.29, 1.82) is 0 Å². The highest BCUT2D eigenvalue weighted by atomic mass is 16.3. The first kappa shape index (κ1) is 11.2. The topological polar surface area (TPSA) is 98.8 Å². The Morgan fingerprint density at radius 3 is 3.00 bits per heavy atom. The lowest BCUT2D eigenvalue weighted by molar-refractivity contribution is 0.0836. The number of aliphatic hydroxyl groups excluding tert-OH is 1. The monoisotopic (exact) mass is 248 g/mol. The van der Waals surface area contributed by atoms with Crippen LogP contribution in [0.5, 0.6) is 0 Å². The van der Waals surface area contributed by atoms with E-state index in [1.165, 1.54) is 0 Å². The van der Waals surface area contributed by atoms with Crippen molar-refractivity contribution in [3.05, 3.63) is 6.33 Å². The van der Waals surface area contributed by atoms with E-state index in [9.17, 15) is 5.11 Å². The Bertz CT molecular complexity index is 547. The molecule has 18 heavy (non-hydrogen) atoms. The third kappa shape index (κ3) is 1.97. The van der Waals surface area contributed by atoms with Crippen molar-refractivity contribution >= 4 is 22.9 Å². The van der Waals surface area contributed by atoms with Gasteiger partial charge in [-0.1, -0.05) is 0 Å². The molecule has 7 nitrogen and oxygen atoms in total. The number of rotatable bonds is 4. The van der Waals surface area contributed by atoms with Gasteiger partial charge >= 0.3 is 0 Å². The molecule has 0 aromatic carbocycles. The van der Waals surface area contributed by atoms with E-state index in [0.29, 0.717) is 11.6 Å². The van der Waals surface area contributed by atoms with E-state index >= 15 is 0 Å². The predicted octanol–water partition coefficient (Wildman–Crippen LogP) is 0.720. The van der Waals surface area contributed by atoms with Crippen molar-refractivity contribution in [2.45, 2.75) is 31.9 Å². The molecular formula is C11H16N6O. The molecule has 0 aliphatic heterocycles. The Balaban J connectivity index is 1.90. The van der Waals surface area contributed by atoms with Crippen LogP contribution in [0.3, 0.4) is 0 Å². The first-order valence-electron chi connectivity index (χ1n) is 6.16. The van der Waals surface area contributed by atoms with Crippen molar-refractivity contribution in [2.75, 3.05) is 17.2 Å². The Hall–Kier alpha value is -1.89. The van der Waals surface area contributed by atoms with Gasteiger partial charge in [-0.2, -0.15) is 9.97 Å². The van der Waals surface area contributed by atoms with Gasteiger partial charge in [0, 0.05) is 12.6 Å². The number of nitrogens with zero attached hydrogens (tertiary/aromatic N) is 3. The van der Waals surface area contributed by atoms with Gasteiger partial charge in [0.15, 0.2) is 11.5 Å². The highest BCUT2D eigenvalue weighted by molar-refractivity contribution is 5.83. The van der Waals surface area contributed by atoms with Gasteiger partial charge in [0.1, 0.15) is 5.52 Å². The van der Waals surface area contributed by atoms with Crippen molar-refractivity contribution in [1.82, 2.24) is 19.9 Å². The normalized spacial score (nSPS) is 22.8. The van der Waals surface area contributed by atoms with Crippen LogP contribution in [-0.4, -0.2) is 43.7 Å². The molecule has 0 spiro atoms. The van der Waals surface area contributed by atoms with Crippen LogP contribution < -0.4 is 10.6 Å². The lowest BCUT2D eigenvalue weighted by atomic mass is 9.89. The number of aliphatic hydroxyl groups is 1. The molecule has 0 amide bonds. The smallest absolute Gasteiger partial charge is 0.226 e. The largest absolute Gasteiger partial charge is 0.393 e. The van der Waals surface area contributed by atoms with Crippen LogP contribution in [0.25, 0.3) is 11.2 Å². The number of fused-ring (bicyclic) bond motifs is 1. The summed E-state index contributed by atoms with van der Waals surface area (Å²) in [7, 11) is 0. The lowest BCUT2D eigenvalue weighted by Gasteiger charge is -2.32. The van der Waals surface area contributed by atoms with E-state index in [1.807, 2.05) is 6.92 Å². The molecule has 0 bridgehead atoms. The minimum Gasteiger partial charge on any atom is -0.393 e. The highest BCUT2D eigenvalue weighted by Crippen LogP contribution is 2.26. The van der Waals surface area contributed by atoms with Crippen LogP contribution in [0.15, 0.2) is 6.33 Å². The van der Waals surface area contributed by atoms with Gasteiger partial charge in [-0.05, 0) is 19.8 Å². The first-order valence-corrected chi connectivity index (χ1v) is 6.16. The van der Waals surface area contributed by atoms with E-state index in [2.05, 4.69) is 30.6 Å². The van der Waals surface area contributed by atoms with Gasteiger partial charge in [0.05, 0.1) is 12.4 Å². The van der Waals surface area contributed by atoms with Crippen molar-refractivity contribution in [2.24, 2.45) is 0 Å². The summed E-state index contributed by atoms with van der Waals surface area (Å²) in [6, 6.07) is 0.274. The number of hydrogen-bond acceptors (Lipinski definition) is 6. The fraction of sp³-hybridized carbons (Fsp3) is 0.545. The van der Waals surface area contributed by atoms with Crippen LogP contribution >= 0.6 is 0 Å². The molecule has 1 fully saturated rings. The summed E-state index contributed by atoms with van der Waals surface area (Å²) in [5.74, 6) is 1.31. The predicted molar refractivity (Wildman–Crippen MR) is 68.5 cm³/mol. The molecule has 2 heterocycles. The second-order valence-corrected chi connectivity index (χ2v) is 4.49. The number of aromatic amines is 1. The quantitative estimate of drug-likeness (QED) is 0.636. The van der Waals surface area contributed by atoms with Crippen LogP contribution in [0, 0.1) is 0 Å². The Morgan fingerprint density at radius 2 is 2.28 bits per heavy atom. The van der Waals surface area contributed by atoms with Crippen LogP contribution in [0.4, 0.5) is 11.8 Å². The average molecular weight is 248 g/mol. The van der Waals surface area contributed by atoms with Gasteiger partial charge in [0.25, 0.3) is 0 Å². The number of H-pyrrole nitrogens is 1. The van der Waals surface area contributed by atoms with Crippen LogP contribution in [0.2, 0.25) is 0 Å². The molecule has 0 radical (unpaired) electrons. The molecule has 7 heteroatoms. The van der Waals surface area contributed by atoms with Gasteiger partial charge < -0.3 is 20.7 Å². The minimum atomic E-state index is -0.185. The number of nitrogens with one attached hydrogen (secondary N) is 3. The summed E-state index contributed by atoms with van der Waals surface area (Å²) in [6.45, 7) is 2.75. The van der Waals surface area contributed by atoms with E-state index in [1.54, 1.807) is 6.33 Å². The zero-order chi connectivity index (χ0) is 12.5. The molecule has 2 aromatic rings. The second kappa shape index (κ2) is 4.41.